The summed E-state index contributed by atoms with van der Waals surface area (Å²) in [4.78, 5) is 13.0. The molecule has 0 aromatic heterocycles. The zero-order chi connectivity index (χ0) is 23.8. The molecule has 0 aliphatic rings. The predicted molar refractivity (Wildman–Crippen MR) is 135 cm³/mol. The van der Waals surface area contributed by atoms with Crippen LogP contribution in [0.4, 0.5) is 0 Å². The number of hydrogen-bond acceptors (Lipinski definition) is 4. The van der Waals surface area contributed by atoms with E-state index in [1.165, 1.54) is 7.11 Å². The number of carbonyl (C=O) groups excluding carboxylic acids is 1. The molecule has 0 unspecified atom stereocenters. The van der Waals surface area contributed by atoms with Gasteiger partial charge in [-0.2, -0.15) is 0 Å². The Kier molecular flexibility index (Phi) is 7.63. The van der Waals surface area contributed by atoms with E-state index in [0.29, 0.717) is 10.8 Å². The number of methoxy groups -OCH3 is 1. The summed E-state index contributed by atoms with van der Waals surface area (Å²) in [7, 11) is 1.38. The first kappa shape index (κ1) is 23.6. The van der Waals surface area contributed by atoms with Crippen LogP contribution in [0.5, 0.6) is 5.75 Å². The van der Waals surface area contributed by atoms with Crippen LogP contribution >= 0.6 is 11.6 Å². The molecule has 0 aliphatic heterocycles. The molecule has 1 N–H and O–H groups in total. The second-order valence-electron chi connectivity index (χ2n) is 7.84. The molecule has 0 aliphatic carbocycles. The van der Waals surface area contributed by atoms with Gasteiger partial charge >= 0.3 is 5.97 Å². The van der Waals surface area contributed by atoms with E-state index in [0.717, 1.165) is 16.7 Å². The van der Waals surface area contributed by atoms with Crippen molar-refractivity contribution in [3.8, 4) is 5.75 Å². The first-order valence-electron chi connectivity index (χ1n) is 11.0. The molecular weight excluding hydrogens is 446 g/mol. The van der Waals surface area contributed by atoms with Gasteiger partial charge in [-0.25, -0.2) is 0 Å². The average molecular weight is 472 g/mol. The second kappa shape index (κ2) is 11.0. The number of hydrogen-bond donors (Lipinski definition) is 1. The van der Waals surface area contributed by atoms with Gasteiger partial charge in [0.1, 0.15) is 18.4 Å². The molecule has 4 rings (SSSR count). The van der Waals surface area contributed by atoms with E-state index in [4.69, 9.17) is 21.1 Å². The number of esters is 1. The maximum Gasteiger partial charge on any atom is 0.326 e. The fourth-order valence-corrected chi connectivity index (χ4v) is 4.30. The van der Waals surface area contributed by atoms with Gasteiger partial charge in [-0.05, 0) is 34.9 Å². The van der Waals surface area contributed by atoms with Crippen LogP contribution in [0.25, 0.3) is 0 Å². The van der Waals surface area contributed by atoms with Crippen molar-refractivity contribution in [2.75, 3.05) is 13.7 Å². The van der Waals surface area contributed by atoms with Crippen molar-refractivity contribution >= 4 is 17.6 Å². The van der Waals surface area contributed by atoms with Crippen molar-refractivity contribution in [3.05, 3.63) is 137 Å². The van der Waals surface area contributed by atoms with Crippen LogP contribution in [0.1, 0.15) is 16.7 Å². The lowest BCUT2D eigenvalue weighted by Gasteiger charge is -2.39. The molecule has 0 fully saturated rings. The third-order valence-corrected chi connectivity index (χ3v) is 5.94. The number of halogens is 1. The van der Waals surface area contributed by atoms with Gasteiger partial charge in [0.2, 0.25) is 0 Å². The minimum absolute atomic E-state index is 0.0568. The molecule has 4 nitrogen and oxygen atoms in total. The number of nitrogens with one attached hydrogen (secondary N) is 1. The highest BCUT2D eigenvalue weighted by atomic mass is 35.5. The third kappa shape index (κ3) is 5.14. The van der Waals surface area contributed by atoms with Crippen molar-refractivity contribution in [3.63, 3.8) is 0 Å². The second-order valence-corrected chi connectivity index (χ2v) is 8.27. The van der Waals surface area contributed by atoms with Crippen LogP contribution in [0.3, 0.4) is 0 Å². The Balaban J connectivity index is 1.82. The number of benzene rings is 4. The Labute approximate surface area is 205 Å². The van der Waals surface area contributed by atoms with E-state index >= 15 is 0 Å². The van der Waals surface area contributed by atoms with Crippen LogP contribution in [-0.2, 0) is 15.1 Å². The lowest BCUT2D eigenvalue weighted by molar-refractivity contribution is -0.144. The Morgan fingerprint density at radius 1 is 0.794 bits per heavy atom. The Morgan fingerprint density at radius 2 is 1.29 bits per heavy atom. The number of carbonyl (C=O) groups is 1. The zero-order valence-corrected chi connectivity index (χ0v) is 19.6. The summed E-state index contributed by atoms with van der Waals surface area (Å²) in [6.45, 7) is 0.0568. The van der Waals surface area contributed by atoms with Crippen LogP contribution in [0.2, 0.25) is 5.02 Å². The van der Waals surface area contributed by atoms with Crippen molar-refractivity contribution in [1.82, 2.24) is 5.32 Å². The summed E-state index contributed by atoms with van der Waals surface area (Å²) in [5.41, 5.74) is 2.14. The molecule has 34 heavy (non-hydrogen) atoms. The van der Waals surface area contributed by atoms with Crippen molar-refractivity contribution in [2.45, 2.75) is 11.6 Å². The molecule has 0 radical (unpaired) electrons. The van der Waals surface area contributed by atoms with Crippen molar-refractivity contribution in [1.29, 1.82) is 0 Å². The molecule has 172 valence electrons. The molecule has 4 aromatic carbocycles. The molecule has 0 amide bonds. The zero-order valence-electron chi connectivity index (χ0n) is 18.9. The van der Waals surface area contributed by atoms with Gasteiger partial charge in [0.15, 0.2) is 0 Å². The Bertz CT molecular complexity index is 1100. The Morgan fingerprint density at radius 3 is 1.74 bits per heavy atom. The van der Waals surface area contributed by atoms with Gasteiger partial charge in [-0.1, -0.05) is 109 Å². The summed E-state index contributed by atoms with van der Waals surface area (Å²) in [6.07, 6.45) is 0. The monoisotopic (exact) mass is 471 g/mol. The van der Waals surface area contributed by atoms with E-state index in [1.54, 1.807) is 24.3 Å². The molecule has 0 heterocycles. The summed E-state index contributed by atoms with van der Waals surface area (Å²) < 4.78 is 11.1. The van der Waals surface area contributed by atoms with Crippen molar-refractivity contribution < 1.29 is 14.3 Å². The molecule has 0 saturated carbocycles. The van der Waals surface area contributed by atoms with Crippen LogP contribution in [0.15, 0.2) is 115 Å². The number of ether oxygens (including phenoxy) is 2. The van der Waals surface area contributed by atoms with Gasteiger partial charge in [0, 0.05) is 5.02 Å². The highest BCUT2D eigenvalue weighted by molar-refractivity contribution is 6.30. The molecule has 0 bridgehead atoms. The topological polar surface area (TPSA) is 47.6 Å². The molecule has 5 heteroatoms. The molecule has 1 atom stereocenters. The van der Waals surface area contributed by atoms with Crippen LogP contribution in [-0.4, -0.2) is 25.7 Å². The van der Waals surface area contributed by atoms with Gasteiger partial charge < -0.3 is 9.47 Å². The van der Waals surface area contributed by atoms with E-state index < -0.39 is 17.6 Å². The molecule has 0 spiro atoms. The SMILES string of the molecule is COC(=O)[C@@H](COc1cccc(Cl)c1)NC(c1ccccc1)(c1ccccc1)c1ccccc1. The predicted octanol–water partition coefficient (Wildman–Crippen LogP) is 5.84. The van der Waals surface area contributed by atoms with Crippen LogP contribution < -0.4 is 10.1 Å². The first-order chi connectivity index (χ1) is 16.6. The summed E-state index contributed by atoms with van der Waals surface area (Å²) in [6, 6.07) is 36.5. The minimum atomic E-state index is -0.833. The van der Waals surface area contributed by atoms with E-state index in [2.05, 4.69) is 41.7 Å². The molecule has 0 saturated heterocycles. The fraction of sp³-hybridized carbons (Fsp3) is 0.138. The van der Waals surface area contributed by atoms with Gasteiger partial charge in [-0.15, -0.1) is 0 Å². The highest BCUT2D eigenvalue weighted by Gasteiger charge is 2.40. The standard InChI is InChI=1S/C29H26ClNO3/c1-33-28(32)27(21-34-26-19-11-18-25(30)20-26)31-29(22-12-5-2-6-13-22,23-14-7-3-8-15-23)24-16-9-4-10-17-24/h2-20,27,31H,21H2,1H3/t27-/m1/s1. The molecular formula is C29H26ClNO3. The van der Waals surface area contributed by atoms with E-state index in [1.807, 2.05) is 54.6 Å². The van der Waals surface area contributed by atoms with E-state index in [-0.39, 0.29) is 6.61 Å². The maximum atomic E-state index is 13.0. The Hall–Kier alpha value is -3.60. The third-order valence-electron chi connectivity index (χ3n) is 5.71. The van der Waals surface area contributed by atoms with E-state index in [9.17, 15) is 4.79 Å². The molecule has 4 aromatic rings. The first-order valence-corrected chi connectivity index (χ1v) is 11.4. The van der Waals surface area contributed by atoms with Crippen LogP contribution in [0, 0.1) is 0 Å². The lowest BCUT2D eigenvalue weighted by atomic mass is 9.76. The quantitative estimate of drug-likeness (QED) is 0.246. The van der Waals surface area contributed by atoms with Crippen molar-refractivity contribution in [2.24, 2.45) is 0 Å². The highest BCUT2D eigenvalue weighted by Crippen LogP contribution is 2.37. The number of rotatable bonds is 9. The lowest BCUT2D eigenvalue weighted by Crippen LogP contribution is -2.55. The average Bonchev–Trinajstić information content (AvgIpc) is 2.90. The fourth-order valence-electron chi connectivity index (χ4n) is 4.12. The normalized spacial score (nSPS) is 12.1. The smallest absolute Gasteiger partial charge is 0.326 e. The largest absolute Gasteiger partial charge is 0.491 e. The maximum absolute atomic E-state index is 13.0. The summed E-state index contributed by atoms with van der Waals surface area (Å²) in [5, 5.41) is 4.18. The van der Waals surface area contributed by atoms with Gasteiger partial charge in [-0.3, -0.25) is 10.1 Å². The van der Waals surface area contributed by atoms with Gasteiger partial charge in [0.05, 0.1) is 12.6 Å². The summed E-state index contributed by atoms with van der Waals surface area (Å²) >= 11 is 6.11. The summed E-state index contributed by atoms with van der Waals surface area (Å²) in [5.74, 6) is 0.155. The van der Waals surface area contributed by atoms with Gasteiger partial charge in [0.25, 0.3) is 0 Å². The minimum Gasteiger partial charge on any atom is -0.491 e.